The van der Waals surface area contributed by atoms with Gasteiger partial charge in [-0.25, -0.2) is 0 Å². The first kappa shape index (κ1) is 18.9. The Balaban J connectivity index is 1.81. The smallest absolute Gasteiger partial charge is 0.325 e. The number of anilines is 1. The van der Waals surface area contributed by atoms with Crippen molar-refractivity contribution in [2.24, 2.45) is 0 Å². The van der Waals surface area contributed by atoms with Gasteiger partial charge in [0.25, 0.3) is 0 Å². The van der Waals surface area contributed by atoms with Gasteiger partial charge in [-0.1, -0.05) is 6.07 Å². The van der Waals surface area contributed by atoms with Crippen LogP contribution < -0.4 is 5.32 Å². The van der Waals surface area contributed by atoms with E-state index < -0.39 is 18.0 Å². The average Bonchev–Trinajstić information content (AvgIpc) is 3.04. The Morgan fingerprint density at radius 1 is 1.19 bits per heavy atom. The van der Waals surface area contributed by atoms with Crippen molar-refractivity contribution in [1.82, 2.24) is 9.88 Å². The zero-order valence-corrected chi connectivity index (χ0v) is 14.6. The molecule has 0 aliphatic carbocycles. The van der Waals surface area contributed by atoms with Gasteiger partial charge in [-0.15, -0.1) is 0 Å². The van der Waals surface area contributed by atoms with Gasteiger partial charge in [0.1, 0.15) is 6.04 Å². The van der Waals surface area contributed by atoms with Gasteiger partial charge in [-0.2, -0.15) is 0 Å². The van der Waals surface area contributed by atoms with Crippen LogP contribution in [0.4, 0.5) is 5.69 Å². The van der Waals surface area contributed by atoms with Crippen molar-refractivity contribution < 1.29 is 29.3 Å². The molecule has 2 heterocycles. The lowest BCUT2D eigenvalue weighted by Crippen LogP contribution is -2.42. The number of nitrogens with one attached hydrogen (secondary N) is 2. The molecular weight excluding hydrogens is 354 g/mol. The van der Waals surface area contributed by atoms with Crippen molar-refractivity contribution in [2.75, 3.05) is 31.6 Å². The van der Waals surface area contributed by atoms with Crippen LogP contribution in [0.1, 0.15) is 24.4 Å². The molecule has 1 unspecified atom stereocenters. The second-order valence-electron chi connectivity index (χ2n) is 6.34. The fraction of sp³-hybridized carbons (Fsp3) is 0.389. The van der Waals surface area contributed by atoms with E-state index >= 15 is 0 Å². The maximum absolute atomic E-state index is 11.9. The Hall–Kier alpha value is -2.91. The Morgan fingerprint density at radius 2 is 1.93 bits per heavy atom. The number of morpholine rings is 1. The van der Waals surface area contributed by atoms with Crippen LogP contribution in [-0.2, 0) is 19.1 Å². The summed E-state index contributed by atoms with van der Waals surface area (Å²) in [4.78, 5) is 39.1. The molecule has 0 saturated carbocycles. The van der Waals surface area contributed by atoms with E-state index in [1.165, 1.54) is 0 Å². The zero-order valence-electron chi connectivity index (χ0n) is 14.6. The van der Waals surface area contributed by atoms with Crippen LogP contribution in [0.2, 0.25) is 0 Å². The molecule has 3 rings (SSSR count). The highest BCUT2D eigenvalue weighted by Crippen LogP contribution is 2.30. The first-order valence-corrected chi connectivity index (χ1v) is 8.63. The number of hydrogen-bond acceptors (Lipinski definition) is 5. The minimum Gasteiger partial charge on any atom is -0.481 e. The van der Waals surface area contributed by atoms with Crippen LogP contribution in [0.15, 0.2) is 24.4 Å². The molecule has 0 spiro atoms. The molecule has 1 atom stereocenters. The molecule has 9 nitrogen and oxygen atoms in total. The Morgan fingerprint density at radius 3 is 2.59 bits per heavy atom. The number of carbonyl (C=O) groups is 3. The molecule has 1 saturated heterocycles. The topological polar surface area (TPSA) is 132 Å². The number of aromatic amines is 1. The second-order valence-corrected chi connectivity index (χ2v) is 6.34. The largest absolute Gasteiger partial charge is 0.481 e. The quantitative estimate of drug-likeness (QED) is 0.575. The van der Waals surface area contributed by atoms with Crippen molar-refractivity contribution in [2.45, 2.75) is 18.9 Å². The van der Waals surface area contributed by atoms with Crippen LogP contribution in [0.25, 0.3) is 10.9 Å². The molecule has 27 heavy (non-hydrogen) atoms. The fourth-order valence-corrected chi connectivity index (χ4v) is 3.22. The van der Waals surface area contributed by atoms with Crippen molar-refractivity contribution >= 4 is 34.4 Å². The molecule has 1 fully saturated rings. The predicted molar refractivity (Wildman–Crippen MR) is 96.6 cm³/mol. The van der Waals surface area contributed by atoms with Gasteiger partial charge in [0.05, 0.1) is 19.6 Å². The number of hydrogen-bond donors (Lipinski definition) is 4. The van der Waals surface area contributed by atoms with E-state index in [1.807, 2.05) is 4.90 Å². The standard InChI is InChI=1S/C18H21N3O6/c22-15(3-4-16(23)24)20-11-1-2-12-13(10-19-14(12)9-11)17(18(25)26)21-5-7-27-8-6-21/h1-2,9-10,17,19H,3-8H2,(H,20,22)(H,23,24)(H,25,26). The third kappa shape index (κ3) is 4.44. The highest BCUT2D eigenvalue weighted by atomic mass is 16.5. The number of carboxylic acids is 2. The zero-order chi connectivity index (χ0) is 19.4. The van der Waals surface area contributed by atoms with Crippen LogP contribution in [0.3, 0.4) is 0 Å². The van der Waals surface area contributed by atoms with Crippen molar-refractivity contribution in [3.8, 4) is 0 Å². The first-order valence-electron chi connectivity index (χ1n) is 8.63. The minimum absolute atomic E-state index is 0.110. The summed E-state index contributed by atoms with van der Waals surface area (Å²) in [7, 11) is 0. The van der Waals surface area contributed by atoms with E-state index in [9.17, 15) is 19.5 Å². The lowest BCUT2D eigenvalue weighted by molar-refractivity contribution is -0.145. The molecule has 1 aromatic heterocycles. The molecule has 1 aromatic carbocycles. The number of aromatic nitrogens is 1. The Kier molecular flexibility index (Phi) is 5.72. The van der Waals surface area contributed by atoms with Gasteiger partial charge in [0.2, 0.25) is 5.91 Å². The molecule has 1 amide bonds. The fourth-order valence-electron chi connectivity index (χ4n) is 3.22. The number of aliphatic carboxylic acids is 2. The maximum atomic E-state index is 11.9. The molecule has 4 N–H and O–H groups in total. The van der Waals surface area contributed by atoms with Crippen LogP contribution in [0, 0.1) is 0 Å². The van der Waals surface area contributed by atoms with Crippen LogP contribution in [-0.4, -0.2) is 64.2 Å². The van der Waals surface area contributed by atoms with E-state index in [4.69, 9.17) is 9.84 Å². The number of amides is 1. The summed E-state index contributed by atoms with van der Waals surface area (Å²) < 4.78 is 5.30. The van der Waals surface area contributed by atoms with Gasteiger partial charge >= 0.3 is 11.9 Å². The molecule has 144 valence electrons. The molecular formula is C18H21N3O6. The number of benzene rings is 1. The predicted octanol–water partition coefficient (Wildman–Crippen LogP) is 1.43. The van der Waals surface area contributed by atoms with E-state index in [2.05, 4.69) is 10.3 Å². The summed E-state index contributed by atoms with van der Waals surface area (Å²) in [6, 6.07) is 4.36. The van der Waals surface area contributed by atoms with Crippen LogP contribution in [0.5, 0.6) is 0 Å². The SMILES string of the molecule is O=C(O)CCC(=O)Nc1ccc2c(C(C(=O)O)N3CCOCC3)c[nH]c2c1. The highest BCUT2D eigenvalue weighted by Gasteiger charge is 2.30. The number of H-pyrrole nitrogens is 1. The number of carboxylic acid groups (broad SMARTS) is 2. The van der Waals surface area contributed by atoms with Gasteiger partial charge in [0.15, 0.2) is 0 Å². The third-order valence-corrected chi connectivity index (χ3v) is 4.50. The Labute approximate surface area is 154 Å². The highest BCUT2D eigenvalue weighted by molar-refractivity contribution is 5.96. The van der Waals surface area contributed by atoms with E-state index in [-0.39, 0.29) is 18.7 Å². The lowest BCUT2D eigenvalue weighted by Gasteiger charge is -2.31. The number of ether oxygens (including phenoxy) is 1. The van der Waals surface area contributed by atoms with Crippen molar-refractivity contribution in [3.63, 3.8) is 0 Å². The van der Waals surface area contributed by atoms with Crippen LogP contribution >= 0.6 is 0 Å². The lowest BCUT2D eigenvalue weighted by atomic mass is 10.0. The summed E-state index contributed by atoms with van der Waals surface area (Å²) >= 11 is 0. The number of rotatable bonds is 7. The number of carbonyl (C=O) groups excluding carboxylic acids is 1. The summed E-state index contributed by atoms with van der Waals surface area (Å²) in [5.41, 5.74) is 1.87. The minimum atomic E-state index is -1.03. The maximum Gasteiger partial charge on any atom is 0.325 e. The molecule has 0 bridgehead atoms. The third-order valence-electron chi connectivity index (χ3n) is 4.50. The van der Waals surface area contributed by atoms with Crippen molar-refractivity contribution in [1.29, 1.82) is 0 Å². The Bertz CT molecular complexity index is 856. The second kappa shape index (κ2) is 8.19. The monoisotopic (exact) mass is 375 g/mol. The molecule has 1 aliphatic heterocycles. The van der Waals surface area contributed by atoms with E-state index in [1.54, 1.807) is 24.4 Å². The summed E-state index contributed by atoms with van der Waals surface area (Å²) in [5, 5.41) is 21.8. The van der Waals surface area contributed by atoms with Crippen molar-refractivity contribution in [3.05, 3.63) is 30.0 Å². The normalized spacial score (nSPS) is 16.1. The summed E-state index contributed by atoms with van der Waals surface area (Å²) in [6.45, 7) is 2.08. The summed E-state index contributed by atoms with van der Waals surface area (Å²) in [6.07, 6.45) is 1.33. The number of fused-ring (bicyclic) bond motifs is 1. The van der Waals surface area contributed by atoms with Gasteiger partial charge in [-0.3, -0.25) is 19.3 Å². The number of nitrogens with zero attached hydrogens (tertiary/aromatic N) is 1. The first-order chi connectivity index (χ1) is 13.0. The molecule has 0 radical (unpaired) electrons. The summed E-state index contributed by atoms with van der Waals surface area (Å²) in [5.74, 6) is -2.35. The van der Waals surface area contributed by atoms with Gasteiger partial charge in [0, 0.05) is 47.9 Å². The van der Waals surface area contributed by atoms with E-state index in [0.29, 0.717) is 43.1 Å². The van der Waals surface area contributed by atoms with E-state index in [0.717, 1.165) is 5.39 Å². The molecule has 1 aliphatic rings. The molecule has 9 heteroatoms. The average molecular weight is 375 g/mol. The van der Waals surface area contributed by atoms with Gasteiger partial charge < -0.3 is 25.3 Å². The van der Waals surface area contributed by atoms with Gasteiger partial charge in [-0.05, 0) is 12.1 Å². The molecule has 2 aromatic rings.